The first-order valence-corrected chi connectivity index (χ1v) is 7.70. The first kappa shape index (κ1) is 19.0. The number of halogens is 2. The fourth-order valence-corrected chi connectivity index (χ4v) is 2.49. The standard InChI is InChI=1S/C16H20BrN3O.HI/c1-12-10-14(17)6-5-13(12)11-20-16(18-2)19-8-7-15-4-3-9-21-15;/h3-6,9-10H,7-8,11H2,1-2H3,(H2,18,19,20);1H. The number of nitrogens with zero attached hydrogens (tertiary/aromatic N) is 1. The van der Waals surface area contributed by atoms with Gasteiger partial charge in [0, 0.05) is 31.0 Å². The number of benzene rings is 1. The summed E-state index contributed by atoms with van der Waals surface area (Å²) in [6.45, 7) is 3.64. The third kappa shape index (κ3) is 6.00. The molecule has 120 valence electrons. The van der Waals surface area contributed by atoms with E-state index in [0.29, 0.717) is 0 Å². The molecule has 2 rings (SSSR count). The van der Waals surface area contributed by atoms with Crippen LogP contribution in [-0.2, 0) is 13.0 Å². The van der Waals surface area contributed by atoms with Crippen molar-refractivity contribution in [3.05, 3.63) is 58.0 Å². The molecule has 22 heavy (non-hydrogen) atoms. The number of rotatable bonds is 5. The van der Waals surface area contributed by atoms with Gasteiger partial charge < -0.3 is 15.1 Å². The van der Waals surface area contributed by atoms with Crippen LogP contribution in [0.1, 0.15) is 16.9 Å². The summed E-state index contributed by atoms with van der Waals surface area (Å²) in [4.78, 5) is 4.22. The molecule has 1 aromatic carbocycles. The van der Waals surface area contributed by atoms with Gasteiger partial charge in [0.05, 0.1) is 6.26 Å². The van der Waals surface area contributed by atoms with Crippen LogP contribution in [0.15, 0.2) is 50.5 Å². The van der Waals surface area contributed by atoms with Gasteiger partial charge in [-0.3, -0.25) is 4.99 Å². The minimum Gasteiger partial charge on any atom is -0.469 e. The van der Waals surface area contributed by atoms with Crippen molar-refractivity contribution in [2.45, 2.75) is 19.9 Å². The predicted octanol–water partition coefficient (Wildman–Crippen LogP) is 3.88. The van der Waals surface area contributed by atoms with Gasteiger partial charge in [-0.05, 0) is 42.3 Å². The zero-order valence-electron chi connectivity index (χ0n) is 12.7. The van der Waals surface area contributed by atoms with Gasteiger partial charge in [-0.1, -0.05) is 22.0 Å². The predicted molar refractivity (Wildman–Crippen MR) is 105 cm³/mol. The van der Waals surface area contributed by atoms with Gasteiger partial charge >= 0.3 is 0 Å². The Hall–Kier alpha value is -1.02. The number of nitrogens with one attached hydrogen (secondary N) is 2. The molecule has 0 aliphatic heterocycles. The fourth-order valence-electron chi connectivity index (χ4n) is 2.02. The zero-order valence-corrected chi connectivity index (χ0v) is 16.6. The first-order chi connectivity index (χ1) is 10.2. The summed E-state index contributed by atoms with van der Waals surface area (Å²) >= 11 is 3.48. The fraction of sp³-hybridized carbons (Fsp3) is 0.312. The highest BCUT2D eigenvalue weighted by Crippen LogP contribution is 2.15. The summed E-state index contributed by atoms with van der Waals surface area (Å²) in [5.41, 5.74) is 2.51. The van der Waals surface area contributed by atoms with E-state index in [4.69, 9.17) is 4.42 Å². The molecule has 0 saturated carbocycles. The molecule has 0 amide bonds. The zero-order chi connectivity index (χ0) is 15.1. The van der Waals surface area contributed by atoms with Crippen molar-refractivity contribution < 1.29 is 4.42 Å². The highest BCUT2D eigenvalue weighted by molar-refractivity contribution is 14.0. The lowest BCUT2D eigenvalue weighted by Gasteiger charge is -2.13. The average Bonchev–Trinajstić information content (AvgIpc) is 2.97. The molecule has 1 aromatic heterocycles. The van der Waals surface area contributed by atoms with E-state index in [2.05, 4.69) is 56.7 Å². The lowest BCUT2D eigenvalue weighted by Crippen LogP contribution is -2.37. The van der Waals surface area contributed by atoms with Crippen molar-refractivity contribution >= 4 is 45.9 Å². The Morgan fingerprint density at radius 1 is 1.27 bits per heavy atom. The summed E-state index contributed by atoms with van der Waals surface area (Å²) in [6.07, 6.45) is 2.53. The van der Waals surface area contributed by atoms with Gasteiger partial charge in [0.15, 0.2) is 5.96 Å². The number of guanidine groups is 1. The lowest BCUT2D eigenvalue weighted by atomic mass is 10.1. The maximum absolute atomic E-state index is 5.30. The molecule has 0 fully saturated rings. The molecule has 1 heterocycles. The monoisotopic (exact) mass is 477 g/mol. The topological polar surface area (TPSA) is 49.6 Å². The second-order valence-corrected chi connectivity index (χ2v) is 5.67. The summed E-state index contributed by atoms with van der Waals surface area (Å²) < 4.78 is 6.40. The molecule has 0 bridgehead atoms. The summed E-state index contributed by atoms with van der Waals surface area (Å²) in [7, 11) is 1.77. The van der Waals surface area contributed by atoms with Crippen LogP contribution >= 0.6 is 39.9 Å². The summed E-state index contributed by atoms with van der Waals surface area (Å²) in [5, 5.41) is 6.60. The van der Waals surface area contributed by atoms with Gasteiger partial charge in [-0.2, -0.15) is 0 Å². The Bertz CT molecular complexity index is 599. The summed E-state index contributed by atoms with van der Waals surface area (Å²) in [5.74, 6) is 1.77. The molecule has 0 spiro atoms. The van der Waals surface area contributed by atoms with E-state index in [-0.39, 0.29) is 24.0 Å². The number of aryl methyl sites for hydroxylation is 1. The Labute approximate surface area is 156 Å². The smallest absolute Gasteiger partial charge is 0.191 e. The van der Waals surface area contributed by atoms with Crippen molar-refractivity contribution in [3.8, 4) is 0 Å². The van der Waals surface area contributed by atoms with Crippen LogP contribution < -0.4 is 10.6 Å². The molecule has 0 atom stereocenters. The second kappa shape index (κ2) is 9.89. The number of aliphatic imine (C=N–C) groups is 1. The largest absolute Gasteiger partial charge is 0.469 e. The van der Waals surface area contributed by atoms with E-state index in [0.717, 1.165) is 35.7 Å². The van der Waals surface area contributed by atoms with Gasteiger partial charge in [0.25, 0.3) is 0 Å². The van der Waals surface area contributed by atoms with Crippen LogP contribution in [0.5, 0.6) is 0 Å². The van der Waals surface area contributed by atoms with E-state index in [9.17, 15) is 0 Å². The van der Waals surface area contributed by atoms with Crippen molar-refractivity contribution in [3.63, 3.8) is 0 Å². The Morgan fingerprint density at radius 3 is 2.73 bits per heavy atom. The maximum Gasteiger partial charge on any atom is 0.191 e. The quantitative estimate of drug-likeness (QED) is 0.390. The van der Waals surface area contributed by atoms with Crippen LogP contribution in [0, 0.1) is 6.92 Å². The van der Waals surface area contributed by atoms with E-state index in [1.807, 2.05) is 12.1 Å². The molecule has 2 aromatic rings. The molecule has 0 unspecified atom stereocenters. The first-order valence-electron chi connectivity index (χ1n) is 6.91. The summed E-state index contributed by atoms with van der Waals surface area (Å²) in [6, 6.07) is 10.2. The van der Waals surface area contributed by atoms with E-state index in [1.165, 1.54) is 11.1 Å². The van der Waals surface area contributed by atoms with Gasteiger partial charge in [-0.15, -0.1) is 24.0 Å². The third-order valence-corrected chi connectivity index (χ3v) is 3.71. The minimum atomic E-state index is 0. The lowest BCUT2D eigenvalue weighted by molar-refractivity contribution is 0.507. The molecule has 4 nitrogen and oxygen atoms in total. The Kier molecular flexibility index (Phi) is 8.55. The van der Waals surface area contributed by atoms with Crippen molar-refractivity contribution in [1.29, 1.82) is 0 Å². The van der Waals surface area contributed by atoms with Crippen LogP contribution in [0.25, 0.3) is 0 Å². The highest BCUT2D eigenvalue weighted by atomic mass is 127. The minimum absolute atomic E-state index is 0. The van der Waals surface area contributed by atoms with Crippen LogP contribution in [0.4, 0.5) is 0 Å². The van der Waals surface area contributed by atoms with Gasteiger partial charge in [-0.25, -0.2) is 0 Å². The SMILES string of the molecule is CN=C(NCCc1ccco1)NCc1ccc(Br)cc1C.I. The number of hydrogen-bond acceptors (Lipinski definition) is 2. The van der Waals surface area contributed by atoms with Crippen molar-refractivity contribution in [2.75, 3.05) is 13.6 Å². The molecule has 0 aliphatic rings. The van der Waals surface area contributed by atoms with Crippen LogP contribution in [-0.4, -0.2) is 19.6 Å². The number of furan rings is 1. The molecule has 2 N–H and O–H groups in total. The average molecular weight is 478 g/mol. The normalized spacial score (nSPS) is 11.0. The maximum atomic E-state index is 5.30. The molecule has 6 heteroatoms. The Balaban J connectivity index is 0.00000242. The van der Waals surface area contributed by atoms with Crippen molar-refractivity contribution in [1.82, 2.24) is 10.6 Å². The van der Waals surface area contributed by atoms with Gasteiger partial charge in [0.1, 0.15) is 5.76 Å². The molecular formula is C16H21BrIN3O. The van der Waals surface area contributed by atoms with Crippen LogP contribution in [0.2, 0.25) is 0 Å². The Morgan fingerprint density at radius 2 is 2.09 bits per heavy atom. The molecular weight excluding hydrogens is 457 g/mol. The van der Waals surface area contributed by atoms with Crippen LogP contribution in [0.3, 0.4) is 0 Å². The van der Waals surface area contributed by atoms with E-state index < -0.39 is 0 Å². The van der Waals surface area contributed by atoms with E-state index >= 15 is 0 Å². The highest BCUT2D eigenvalue weighted by Gasteiger charge is 2.02. The number of hydrogen-bond donors (Lipinski definition) is 2. The molecule has 0 saturated heterocycles. The molecule has 0 radical (unpaired) electrons. The van der Waals surface area contributed by atoms with Crippen molar-refractivity contribution in [2.24, 2.45) is 4.99 Å². The van der Waals surface area contributed by atoms with Gasteiger partial charge in [0.2, 0.25) is 0 Å². The molecule has 0 aliphatic carbocycles. The second-order valence-electron chi connectivity index (χ2n) is 4.75. The van der Waals surface area contributed by atoms with E-state index in [1.54, 1.807) is 13.3 Å². The third-order valence-electron chi connectivity index (χ3n) is 3.22.